The SMILES string of the molecule is COc1ccc(C)cc1NC(=O)CSc1cc(C)c2cc(S(=O)(=O)N3CCCCC3)ccc2n1. The Morgan fingerprint density at radius 3 is 2.59 bits per heavy atom. The van der Waals surface area contributed by atoms with E-state index in [2.05, 4.69) is 10.3 Å². The second-order valence-corrected chi connectivity index (χ2v) is 11.4. The highest BCUT2D eigenvalue weighted by Gasteiger charge is 2.26. The van der Waals surface area contributed by atoms with E-state index in [1.165, 1.54) is 11.8 Å². The zero-order valence-corrected chi connectivity index (χ0v) is 21.3. The van der Waals surface area contributed by atoms with E-state index in [1.54, 1.807) is 29.6 Å². The zero-order valence-electron chi connectivity index (χ0n) is 19.6. The topological polar surface area (TPSA) is 88.6 Å². The first-order valence-corrected chi connectivity index (χ1v) is 13.7. The smallest absolute Gasteiger partial charge is 0.243 e. The van der Waals surface area contributed by atoms with E-state index in [1.807, 2.05) is 38.1 Å². The molecule has 0 aliphatic carbocycles. The molecule has 7 nitrogen and oxygen atoms in total. The fourth-order valence-electron chi connectivity index (χ4n) is 4.08. The molecule has 0 radical (unpaired) electrons. The molecule has 0 atom stereocenters. The maximum Gasteiger partial charge on any atom is 0.243 e. The summed E-state index contributed by atoms with van der Waals surface area (Å²) in [5.41, 5.74) is 3.29. The maximum absolute atomic E-state index is 13.1. The number of piperidine rings is 1. The van der Waals surface area contributed by atoms with E-state index in [-0.39, 0.29) is 11.7 Å². The number of carbonyl (C=O) groups is 1. The van der Waals surface area contributed by atoms with Gasteiger partial charge in [-0.15, -0.1) is 0 Å². The lowest BCUT2D eigenvalue weighted by atomic mass is 10.1. The number of pyridine rings is 1. The van der Waals surface area contributed by atoms with Crippen LogP contribution in [0.4, 0.5) is 5.69 Å². The zero-order chi connectivity index (χ0) is 24.3. The lowest BCUT2D eigenvalue weighted by molar-refractivity contribution is -0.113. The van der Waals surface area contributed by atoms with E-state index in [4.69, 9.17) is 4.74 Å². The van der Waals surface area contributed by atoms with Crippen LogP contribution in [0.1, 0.15) is 30.4 Å². The first-order valence-electron chi connectivity index (χ1n) is 11.3. The molecule has 9 heteroatoms. The number of nitrogens with one attached hydrogen (secondary N) is 1. The van der Waals surface area contributed by atoms with E-state index < -0.39 is 10.0 Å². The summed E-state index contributed by atoms with van der Waals surface area (Å²) in [6.45, 7) is 5.03. The van der Waals surface area contributed by atoms with Crippen molar-refractivity contribution in [2.24, 2.45) is 0 Å². The Morgan fingerprint density at radius 1 is 1.09 bits per heavy atom. The van der Waals surface area contributed by atoms with Crippen molar-refractivity contribution >= 4 is 44.3 Å². The Morgan fingerprint density at radius 2 is 1.85 bits per heavy atom. The minimum atomic E-state index is -3.50. The van der Waals surface area contributed by atoms with Crippen LogP contribution in [0.15, 0.2) is 52.4 Å². The number of thioether (sulfide) groups is 1. The molecule has 180 valence electrons. The number of carbonyl (C=O) groups excluding carboxylic acids is 1. The normalized spacial score (nSPS) is 14.8. The summed E-state index contributed by atoms with van der Waals surface area (Å²) in [6.07, 6.45) is 2.88. The number of sulfonamides is 1. The molecule has 1 fully saturated rings. The van der Waals surface area contributed by atoms with Crippen LogP contribution in [0, 0.1) is 13.8 Å². The largest absolute Gasteiger partial charge is 0.495 e. The van der Waals surface area contributed by atoms with E-state index in [0.29, 0.717) is 40.0 Å². The van der Waals surface area contributed by atoms with Crippen LogP contribution in [0.25, 0.3) is 10.9 Å². The predicted molar refractivity (Wildman–Crippen MR) is 136 cm³/mol. The molecule has 1 N–H and O–H groups in total. The number of rotatable bonds is 7. The molecule has 0 spiro atoms. The van der Waals surface area contributed by atoms with Gasteiger partial charge in [0.1, 0.15) is 5.75 Å². The Labute approximate surface area is 205 Å². The van der Waals surface area contributed by atoms with Gasteiger partial charge in [-0.2, -0.15) is 4.31 Å². The number of hydrogen-bond donors (Lipinski definition) is 1. The molecule has 0 unspecified atom stereocenters. The quantitative estimate of drug-likeness (QED) is 0.471. The van der Waals surface area contributed by atoms with Crippen molar-refractivity contribution in [2.45, 2.75) is 43.0 Å². The summed E-state index contributed by atoms with van der Waals surface area (Å²) in [6, 6.07) is 12.6. The van der Waals surface area contributed by atoms with Gasteiger partial charge in [-0.3, -0.25) is 4.79 Å². The fourth-order valence-corrected chi connectivity index (χ4v) is 6.39. The fraction of sp³-hybridized carbons (Fsp3) is 0.360. The first kappa shape index (κ1) is 24.5. The Balaban J connectivity index is 1.49. The number of fused-ring (bicyclic) bond motifs is 1. The number of ether oxygens (including phenoxy) is 1. The number of amides is 1. The standard InChI is InChI=1S/C25H29N3O4S2/c1-17-7-10-23(32-3)22(13-17)26-24(29)16-33-25-14-18(2)20-15-19(8-9-21(20)27-25)34(30,31)28-11-5-4-6-12-28/h7-10,13-15H,4-6,11-12,16H2,1-3H3,(H,26,29). The van der Waals surface area contributed by atoms with Crippen LogP contribution in [-0.2, 0) is 14.8 Å². The monoisotopic (exact) mass is 499 g/mol. The van der Waals surface area contributed by atoms with Crippen molar-refractivity contribution in [3.8, 4) is 5.75 Å². The number of aromatic nitrogens is 1. The minimum absolute atomic E-state index is 0.156. The third-order valence-electron chi connectivity index (χ3n) is 5.90. The molecule has 2 aromatic carbocycles. The Kier molecular flexibility index (Phi) is 7.45. The third-order valence-corrected chi connectivity index (χ3v) is 8.70. The van der Waals surface area contributed by atoms with E-state index in [0.717, 1.165) is 35.8 Å². The van der Waals surface area contributed by atoms with Gasteiger partial charge in [0.15, 0.2) is 0 Å². The molecule has 4 rings (SSSR count). The van der Waals surface area contributed by atoms with Gasteiger partial charge in [-0.05, 0) is 74.2 Å². The second-order valence-electron chi connectivity index (χ2n) is 8.46. The molecule has 1 saturated heterocycles. The summed E-state index contributed by atoms with van der Waals surface area (Å²) in [4.78, 5) is 17.5. The van der Waals surface area contributed by atoms with Crippen molar-refractivity contribution in [2.75, 3.05) is 31.3 Å². The molecule has 2 heterocycles. The van der Waals surface area contributed by atoms with Crippen molar-refractivity contribution in [3.05, 3.63) is 53.6 Å². The molecule has 34 heavy (non-hydrogen) atoms. The summed E-state index contributed by atoms with van der Waals surface area (Å²) in [5.74, 6) is 0.645. The molecular weight excluding hydrogens is 470 g/mol. The highest BCUT2D eigenvalue weighted by molar-refractivity contribution is 7.99. The van der Waals surface area contributed by atoms with Crippen LogP contribution in [0.2, 0.25) is 0 Å². The third kappa shape index (κ3) is 5.37. The van der Waals surface area contributed by atoms with Gasteiger partial charge < -0.3 is 10.1 Å². The van der Waals surface area contributed by atoms with Crippen molar-refractivity contribution in [1.82, 2.24) is 9.29 Å². The van der Waals surface area contributed by atoms with Crippen LogP contribution in [0.3, 0.4) is 0 Å². The van der Waals surface area contributed by atoms with Crippen molar-refractivity contribution in [3.63, 3.8) is 0 Å². The second kappa shape index (κ2) is 10.3. The lowest BCUT2D eigenvalue weighted by Gasteiger charge is -2.26. The van der Waals surface area contributed by atoms with Gasteiger partial charge in [-0.1, -0.05) is 24.2 Å². The first-order chi connectivity index (χ1) is 16.3. The van der Waals surface area contributed by atoms with Crippen molar-refractivity contribution in [1.29, 1.82) is 0 Å². The van der Waals surface area contributed by atoms with Gasteiger partial charge in [0.05, 0.1) is 34.0 Å². The predicted octanol–water partition coefficient (Wildman–Crippen LogP) is 4.77. The summed E-state index contributed by atoms with van der Waals surface area (Å²) in [7, 11) is -1.93. The average Bonchev–Trinajstić information content (AvgIpc) is 2.83. The van der Waals surface area contributed by atoms with Crippen LogP contribution >= 0.6 is 11.8 Å². The molecule has 0 saturated carbocycles. The van der Waals surface area contributed by atoms with Gasteiger partial charge in [0, 0.05) is 18.5 Å². The number of nitrogens with zero attached hydrogens (tertiary/aromatic N) is 2. The number of anilines is 1. The van der Waals surface area contributed by atoms with E-state index >= 15 is 0 Å². The van der Waals surface area contributed by atoms with Gasteiger partial charge >= 0.3 is 0 Å². The maximum atomic E-state index is 13.1. The Bertz CT molecular complexity index is 1320. The van der Waals surface area contributed by atoms with E-state index in [9.17, 15) is 13.2 Å². The van der Waals surface area contributed by atoms with Crippen molar-refractivity contribution < 1.29 is 17.9 Å². The molecule has 1 aromatic heterocycles. The summed E-state index contributed by atoms with van der Waals surface area (Å²) in [5, 5.41) is 4.41. The molecule has 1 amide bonds. The lowest BCUT2D eigenvalue weighted by Crippen LogP contribution is -2.35. The van der Waals surface area contributed by atoms with Crippen LogP contribution in [0.5, 0.6) is 5.75 Å². The minimum Gasteiger partial charge on any atom is -0.495 e. The highest BCUT2D eigenvalue weighted by atomic mass is 32.2. The summed E-state index contributed by atoms with van der Waals surface area (Å²) >= 11 is 1.34. The Hall–Kier alpha value is -2.62. The molecule has 1 aliphatic heterocycles. The highest BCUT2D eigenvalue weighted by Crippen LogP contribution is 2.29. The van der Waals surface area contributed by atoms with Gasteiger partial charge in [0.2, 0.25) is 15.9 Å². The average molecular weight is 500 g/mol. The van der Waals surface area contributed by atoms with Gasteiger partial charge in [-0.25, -0.2) is 13.4 Å². The summed E-state index contributed by atoms with van der Waals surface area (Å²) < 4.78 is 33.0. The number of hydrogen-bond acceptors (Lipinski definition) is 6. The molecular formula is C25H29N3O4S2. The number of aryl methyl sites for hydroxylation is 2. The molecule has 1 aliphatic rings. The molecule has 0 bridgehead atoms. The molecule has 3 aromatic rings. The van der Waals surface area contributed by atoms with Crippen LogP contribution < -0.4 is 10.1 Å². The number of methoxy groups -OCH3 is 1. The number of benzene rings is 2. The van der Waals surface area contributed by atoms with Gasteiger partial charge in [0.25, 0.3) is 0 Å². The van der Waals surface area contributed by atoms with Crippen LogP contribution in [-0.4, -0.2) is 49.6 Å².